The number of carboxylic acid groups (broad SMARTS) is 1. The SMILES string of the molecule is CC(=O)N1CCCN(C(=O)N(C)CC(C)C(=O)O)CC1. The maximum atomic E-state index is 12.2. The van der Waals surface area contributed by atoms with Crippen molar-refractivity contribution in [3.05, 3.63) is 0 Å². The van der Waals surface area contributed by atoms with Crippen LogP contribution < -0.4 is 0 Å². The Morgan fingerprint density at radius 1 is 1.15 bits per heavy atom. The van der Waals surface area contributed by atoms with Gasteiger partial charge in [-0.3, -0.25) is 9.59 Å². The van der Waals surface area contributed by atoms with Crippen LogP contribution in [0.25, 0.3) is 0 Å². The lowest BCUT2D eigenvalue weighted by Crippen LogP contribution is -2.45. The van der Waals surface area contributed by atoms with Gasteiger partial charge in [0.25, 0.3) is 0 Å². The zero-order valence-corrected chi connectivity index (χ0v) is 12.3. The highest BCUT2D eigenvalue weighted by atomic mass is 16.4. The Bertz CT molecular complexity index is 386. The molecule has 1 heterocycles. The minimum absolute atomic E-state index is 0.0205. The average Bonchev–Trinajstić information content (AvgIpc) is 2.63. The lowest BCUT2D eigenvalue weighted by atomic mass is 10.2. The zero-order valence-electron chi connectivity index (χ0n) is 12.3. The number of hydrogen-bond acceptors (Lipinski definition) is 3. The summed E-state index contributed by atoms with van der Waals surface area (Å²) in [5.74, 6) is -1.49. The van der Waals surface area contributed by atoms with Crippen LogP contribution in [0.1, 0.15) is 20.3 Å². The zero-order chi connectivity index (χ0) is 15.3. The number of amides is 3. The molecule has 7 heteroatoms. The second-order valence-electron chi connectivity index (χ2n) is 5.25. The molecule has 0 aromatic heterocycles. The van der Waals surface area contributed by atoms with Crippen LogP contribution in [0.3, 0.4) is 0 Å². The molecule has 1 saturated heterocycles. The standard InChI is InChI=1S/C13H23N3O4/c1-10(12(18)19)9-14(3)13(20)16-6-4-5-15(7-8-16)11(2)17/h10H,4-9H2,1-3H3,(H,18,19). The molecule has 0 aromatic carbocycles. The van der Waals surface area contributed by atoms with Gasteiger partial charge in [-0.1, -0.05) is 6.92 Å². The smallest absolute Gasteiger partial charge is 0.319 e. The number of rotatable bonds is 3. The van der Waals surface area contributed by atoms with E-state index in [0.717, 1.165) is 6.42 Å². The Kier molecular flexibility index (Phi) is 5.79. The largest absolute Gasteiger partial charge is 0.481 e. The molecule has 1 rings (SSSR count). The summed E-state index contributed by atoms with van der Waals surface area (Å²) in [7, 11) is 1.61. The number of nitrogens with zero attached hydrogens (tertiary/aromatic N) is 3. The maximum absolute atomic E-state index is 12.2. The van der Waals surface area contributed by atoms with Gasteiger partial charge < -0.3 is 19.8 Å². The highest BCUT2D eigenvalue weighted by Crippen LogP contribution is 2.08. The summed E-state index contributed by atoms with van der Waals surface area (Å²) in [5, 5.41) is 8.87. The number of aliphatic carboxylic acids is 1. The molecule has 1 fully saturated rings. The molecule has 7 nitrogen and oxygen atoms in total. The molecule has 1 aliphatic rings. The van der Waals surface area contributed by atoms with Gasteiger partial charge in [-0.15, -0.1) is 0 Å². The van der Waals surface area contributed by atoms with E-state index in [1.54, 1.807) is 23.8 Å². The topological polar surface area (TPSA) is 81.2 Å². The molecule has 0 spiro atoms. The third-order valence-corrected chi connectivity index (χ3v) is 3.51. The summed E-state index contributed by atoms with van der Waals surface area (Å²) in [6.45, 7) is 5.56. The lowest BCUT2D eigenvalue weighted by molar-refractivity contribution is -0.141. The van der Waals surface area contributed by atoms with Gasteiger partial charge in [-0.05, 0) is 6.42 Å². The summed E-state index contributed by atoms with van der Waals surface area (Å²) in [6, 6.07) is -0.177. The van der Waals surface area contributed by atoms with Crippen LogP contribution >= 0.6 is 0 Å². The van der Waals surface area contributed by atoms with Crippen molar-refractivity contribution < 1.29 is 19.5 Å². The molecule has 1 atom stereocenters. The molecule has 1 aliphatic heterocycles. The predicted molar refractivity (Wildman–Crippen MR) is 73.3 cm³/mol. The van der Waals surface area contributed by atoms with Crippen LogP contribution in [0.15, 0.2) is 0 Å². The van der Waals surface area contributed by atoms with Crippen molar-refractivity contribution in [2.24, 2.45) is 5.92 Å². The molecule has 0 aliphatic carbocycles. The van der Waals surface area contributed by atoms with Gasteiger partial charge in [-0.25, -0.2) is 4.79 Å². The Morgan fingerprint density at radius 3 is 2.25 bits per heavy atom. The first-order valence-electron chi connectivity index (χ1n) is 6.81. The first-order chi connectivity index (χ1) is 9.32. The second kappa shape index (κ2) is 7.12. The Balaban J connectivity index is 2.54. The lowest BCUT2D eigenvalue weighted by Gasteiger charge is -2.28. The van der Waals surface area contributed by atoms with Gasteiger partial charge in [-0.2, -0.15) is 0 Å². The van der Waals surface area contributed by atoms with Gasteiger partial charge in [0.05, 0.1) is 5.92 Å². The van der Waals surface area contributed by atoms with E-state index < -0.39 is 11.9 Å². The van der Waals surface area contributed by atoms with Crippen molar-refractivity contribution in [2.75, 3.05) is 39.8 Å². The molecule has 1 N–H and O–H groups in total. The number of carboxylic acids is 1. The Morgan fingerprint density at radius 2 is 1.70 bits per heavy atom. The van der Waals surface area contributed by atoms with E-state index in [2.05, 4.69) is 0 Å². The van der Waals surface area contributed by atoms with Crippen LogP contribution in [0, 0.1) is 5.92 Å². The molecule has 0 aromatic rings. The minimum Gasteiger partial charge on any atom is -0.481 e. The second-order valence-corrected chi connectivity index (χ2v) is 5.25. The van der Waals surface area contributed by atoms with E-state index in [0.29, 0.717) is 26.2 Å². The van der Waals surface area contributed by atoms with Crippen LogP contribution in [0.2, 0.25) is 0 Å². The number of carbonyl (C=O) groups is 3. The molecular weight excluding hydrogens is 262 g/mol. The van der Waals surface area contributed by atoms with E-state index in [1.165, 1.54) is 11.8 Å². The monoisotopic (exact) mass is 285 g/mol. The quantitative estimate of drug-likeness (QED) is 0.809. The van der Waals surface area contributed by atoms with Gasteiger partial charge in [0.1, 0.15) is 0 Å². The highest BCUT2D eigenvalue weighted by Gasteiger charge is 2.24. The number of carbonyl (C=O) groups excluding carboxylic acids is 2. The van der Waals surface area contributed by atoms with E-state index in [4.69, 9.17) is 5.11 Å². The highest BCUT2D eigenvalue weighted by molar-refractivity contribution is 5.76. The molecule has 0 saturated carbocycles. The minimum atomic E-state index is -0.914. The molecule has 3 amide bonds. The van der Waals surface area contributed by atoms with Gasteiger partial charge in [0.15, 0.2) is 0 Å². The van der Waals surface area contributed by atoms with Crippen LogP contribution in [-0.2, 0) is 9.59 Å². The molecule has 1 unspecified atom stereocenters. The van der Waals surface area contributed by atoms with Crippen molar-refractivity contribution >= 4 is 17.9 Å². The third kappa shape index (κ3) is 4.40. The van der Waals surface area contributed by atoms with E-state index in [9.17, 15) is 14.4 Å². The van der Waals surface area contributed by atoms with E-state index in [1.807, 2.05) is 0 Å². The van der Waals surface area contributed by atoms with Crippen molar-refractivity contribution in [1.82, 2.24) is 14.7 Å². The molecule has 0 bridgehead atoms. The van der Waals surface area contributed by atoms with Crippen LogP contribution in [0.5, 0.6) is 0 Å². The molecule has 114 valence electrons. The summed E-state index contributed by atoms with van der Waals surface area (Å²) in [4.78, 5) is 39.2. The fourth-order valence-corrected chi connectivity index (χ4v) is 2.23. The van der Waals surface area contributed by atoms with Crippen molar-refractivity contribution in [1.29, 1.82) is 0 Å². The Labute approximate surface area is 119 Å². The molecular formula is C13H23N3O4. The normalized spacial score (nSPS) is 17.4. The number of urea groups is 1. The van der Waals surface area contributed by atoms with Crippen molar-refractivity contribution in [2.45, 2.75) is 20.3 Å². The van der Waals surface area contributed by atoms with Crippen LogP contribution in [0.4, 0.5) is 4.79 Å². The van der Waals surface area contributed by atoms with Crippen LogP contribution in [-0.4, -0.2) is 77.5 Å². The first kappa shape index (κ1) is 16.3. The van der Waals surface area contributed by atoms with Gasteiger partial charge in [0.2, 0.25) is 5.91 Å². The predicted octanol–water partition coefficient (Wildman–Crippen LogP) is 0.313. The van der Waals surface area contributed by atoms with E-state index >= 15 is 0 Å². The van der Waals surface area contributed by atoms with Crippen molar-refractivity contribution in [3.8, 4) is 0 Å². The third-order valence-electron chi connectivity index (χ3n) is 3.51. The summed E-state index contributed by atoms with van der Waals surface area (Å²) >= 11 is 0. The average molecular weight is 285 g/mol. The fraction of sp³-hybridized carbons (Fsp3) is 0.769. The summed E-state index contributed by atoms with van der Waals surface area (Å²) in [5.41, 5.74) is 0. The van der Waals surface area contributed by atoms with Crippen molar-refractivity contribution in [3.63, 3.8) is 0 Å². The maximum Gasteiger partial charge on any atom is 0.319 e. The molecule has 20 heavy (non-hydrogen) atoms. The summed E-state index contributed by atoms with van der Waals surface area (Å²) < 4.78 is 0. The van der Waals surface area contributed by atoms with Gasteiger partial charge >= 0.3 is 12.0 Å². The number of hydrogen-bond donors (Lipinski definition) is 1. The summed E-state index contributed by atoms with van der Waals surface area (Å²) in [6.07, 6.45) is 0.744. The fourth-order valence-electron chi connectivity index (χ4n) is 2.23. The van der Waals surface area contributed by atoms with E-state index in [-0.39, 0.29) is 18.5 Å². The Hall–Kier alpha value is -1.79. The first-order valence-corrected chi connectivity index (χ1v) is 6.81. The van der Waals surface area contributed by atoms with Gasteiger partial charge in [0, 0.05) is 46.7 Å². The molecule has 0 radical (unpaired) electrons.